The molecule has 3 aromatic rings. The van der Waals surface area contributed by atoms with Gasteiger partial charge in [-0.05, 0) is 24.5 Å². The Kier molecular flexibility index (Phi) is 2.82. The molecule has 21 heavy (non-hydrogen) atoms. The van der Waals surface area contributed by atoms with Crippen molar-refractivity contribution < 1.29 is 0 Å². The first-order chi connectivity index (χ1) is 10.2. The van der Waals surface area contributed by atoms with Crippen LogP contribution in [0.1, 0.15) is 16.7 Å². The molecule has 2 aromatic heterocycles. The average Bonchev–Trinajstić information content (AvgIpc) is 2.95. The van der Waals surface area contributed by atoms with Crippen LogP contribution < -0.4 is 4.90 Å². The van der Waals surface area contributed by atoms with Crippen molar-refractivity contribution in [2.45, 2.75) is 19.9 Å². The zero-order valence-corrected chi connectivity index (χ0v) is 12.4. The van der Waals surface area contributed by atoms with Crippen LogP contribution in [0.4, 0.5) is 5.82 Å². The van der Waals surface area contributed by atoms with E-state index in [1.54, 1.807) is 4.52 Å². The summed E-state index contributed by atoms with van der Waals surface area (Å²) in [5.74, 6) is 1.52. The molecular weight excluding hydrogens is 286 g/mol. The normalized spacial score (nSPS) is 14.5. The molecule has 1 aliphatic heterocycles. The van der Waals surface area contributed by atoms with Crippen LogP contribution >= 0.6 is 11.6 Å². The lowest BCUT2D eigenvalue weighted by Crippen LogP contribution is -2.32. The molecule has 0 unspecified atom stereocenters. The van der Waals surface area contributed by atoms with Crippen LogP contribution in [0.2, 0.25) is 5.15 Å². The molecule has 5 nitrogen and oxygen atoms in total. The SMILES string of the molecule is Cc1c(Cl)nc2ncnn2c1N1CCc2ccccc2C1. The van der Waals surface area contributed by atoms with Crippen molar-refractivity contribution in [1.29, 1.82) is 0 Å². The molecule has 0 saturated heterocycles. The molecule has 1 aliphatic rings. The van der Waals surface area contributed by atoms with Gasteiger partial charge in [0.2, 0.25) is 0 Å². The Labute approximate surface area is 127 Å². The highest BCUT2D eigenvalue weighted by atomic mass is 35.5. The maximum absolute atomic E-state index is 6.25. The van der Waals surface area contributed by atoms with E-state index in [1.807, 2.05) is 6.92 Å². The number of hydrogen-bond donors (Lipinski definition) is 0. The monoisotopic (exact) mass is 299 g/mol. The van der Waals surface area contributed by atoms with Crippen LogP contribution in [-0.2, 0) is 13.0 Å². The van der Waals surface area contributed by atoms with Gasteiger partial charge in [0, 0.05) is 18.7 Å². The Morgan fingerprint density at radius 2 is 2.00 bits per heavy atom. The molecule has 0 atom stereocenters. The Hall–Kier alpha value is -2.14. The number of hydrogen-bond acceptors (Lipinski definition) is 4. The van der Waals surface area contributed by atoms with Gasteiger partial charge >= 0.3 is 0 Å². The number of rotatable bonds is 1. The van der Waals surface area contributed by atoms with Crippen molar-refractivity contribution in [3.05, 3.63) is 52.4 Å². The first-order valence-corrected chi connectivity index (χ1v) is 7.29. The van der Waals surface area contributed by atoms with Crippen LogP contribution in [0.25, 0.3) is 5.78 Å². The van der Waals surface area contributed by atoms with Gasteiger partial charge < -0.3 is 4.90 Å². The Morgan fingerprint density at radius 1 is 1.19 bits per heavy atom. The van der Waals surface area contributed by atoms with Crippen LogP contribution in [0.15, 0.2) is 30.6 Å². The van der Waals surface area contributed by atoms with E-state index in [0.29, 0.717) is 10.9 Å². The molecule has 106 valence electrons. The molecule has 0 fully saturated rings. The lowest BCUT2D eigenvalue weighted by atomic mass is 10.00. The van der Waals surface area contributed by atoms with Crippen molar-refractivity contribution in [2.75, 3.05) is 11.4 Å². The lowest BCUT2D eigenvalue weighted by molar-refractivity contribution is 0.699. The highest BCUT2D eigenvalue weighted by Crippen LogP contribution is 2.29. The van der Waals surface area contributed by atoms with Crippen molar-refractivity contribution >= 4 is 23.2 Å². The van der Waals surface area contributed by atoms with Gasteiger partial charge in [-0.1, -0.05) is 35.9 Å². The zero-order valence-electron chi connectivity index (χ0n) is 11.6. The van der Waals surface area contributed by atoms with E-state index in [1.165, 1.54) is 17.5 Å². The molecule has 4 rings (SSSR count). The summed E-state index contributed by atoms with van der Waals surface area (Å²) in [5.41, 5.74) is 3.71. The second kappa shape index (κ2) is 4.70. The van der Waals surface area contributed by atoms with E-state index in [-0.39, 0.29) is 0 Å². The van der Waals surface area contributed by atoms with Crippen molar-refractivity contribution in [1.82, 2.24) is 19.6 Å². The van der Waals surface area contributed by atoms with Gasteiger partial charge in [0.1, 0.15) is 17.3 Å². The van der Waals surface area contributed by atoms with E-state index < -0.39 is 0 Å². The molecule has 0 bridgehead atoms. The lowest BCUT2D eigenvalue weighted by Gasteiger charge is -2.31. The van der Waals surface area contributed by atoms with E-state index >= 15 is 0 Å². The third kappa shape index (κ3) is 1.96. The summed E-state index contributed by atoms with van der Waals surface area (Å²) < 4.78 is 1.77. The summed E-state index contributed by atoms with van der Waals surface area (Å²) >= 11 is 6.25. The fourth-order valence-electron chi connectivity index (χ4n) is 2.93. The molecule has 0 aliphatic carbocycles. The van der Waals surface area contributed by atoms with Gasteiger partial charge in [0.25, 0.3) is 5.78 Å². The summed E-state index contributed by atoms with van der Waals surface area (Å²) in [5, 5.41) is 4.78. The van der Waals surface area contributed by atoms with Crippen molar-refractivity contribution in [2.24, 2.45) is 0 Å². The molecule has 3 heterocycles. The third-order valence-corrected chi connectivity index (χ3v) is 4.37. The number of aromatic nitrogens is 4. The Morgan fingerprint density at radius 3 is 2.86 bits per heavy atom. The quantitative estimate of drug-likeness (QED) is 0.648. The number of benzene rings is 1. The summed E-state index contributed by atoms with van der Waals surface area (Å²) in [6, 6.07) is 8.56. The highest BCUT2D eigenvalue weighted by Gasteiger charge is 2.22. The van der Waals surface area contributed by atoms with Gasteiger partial charge in [-0.15, -0.1) is 0 Å². The van der Waals surface area contributed by atoms with Gasteiger partial charge in [-0.3, -0.25) is 0 Å². The number of halogens is 1. The molecule has 0 saturated carbocycles. The van der Waals surface area contributed by atoms with Crippen LogP contribution in [0, 0.1) is 6.92 Å². The number of nitrogens with zero attached hydrogens (tertiary/aromatic N) is 5. The second-order valence-corrected chi connectivity index (χ2v) is 5.62. The van der Waals surface area contributed by atoms with E-state index in [0.717, 1.165) is 30.9 Å². The first-order valence-electron chi connectivity index (χ1n) is 6.91. The highest BCUT2D eigenvalue weighted by molar-refractivity contribution is 6.30. The summed E-state index contributed by atoms with van der Waals surface area (Å²) in [6.07, 6.45) is 2.53. The predicted molar refractivity (Wildman–Crippen MR) is 81.7 cm³/mol. The summed E-state index contributed by atoms with van der Waals surface area (Å²) in [4.78, 5) is 10.7. The van der Waals surface area contributed by atoms with Crippen molar-refractivity contribution in [3.8, 4) is 0 Å². The average molecular weight is 300 g/mol. The molecular formula is C15H14ClN5. The maximum atomic E-state index is 6.25. The maximum Gasteiger partial charge on any atom is 0.255 e. The summed E-state index contributed by atoms with van der Waals surface area (Å²) in [6.45, 7) is 3.77. The van der Waals surface area contributed by atoms with E-state index in [9.17, 15) is 0 Å². The fourth-order valence-corrected chi connectivity index (χ4v) is 3.09. The molecule has 6 heteroatoms. The largest absolute Gasteiger partial charge is 0.351 e. The second-order valence-electron chi connectivity index (χ2n) is 5.26. The molecule has 0 N–H and O–H groups in total. The zero-order chi connectivity index (χ0) is 14.4. The standard InChI is InChI=1S/C15H14ClN5/c1-10-13(16)19-15-17-9-18-21(15)14(10)20-7-6-11-4-2-3-5-12(11)8-20/h2-5,9H,6-8H2,1H3. The van der Waals surface area contributed by atoms with E-state index in [2.05, 4.69) is 44.2 Å². The minimum atomic E-state index is 0.490. The van der Waals surface area contributed by atoms with Gasteiger partial charge in [-0.25, -0.2) is 0 Å². The van der Waals surface area contributed by atoms with Gasteiger partial charge in [-0.2, -0.15) is 19.6 Å². The smallest absolute Gasteiger partial charge is 0.255 e. The van der Waals surface area contributed by atoms with E-state index in [4.69, 9.17) is 11.6 Å². The Balaban J connectivity index is 1.85. The van der Waals surface area contributed by atoms with Gasteiger partial charge in [0.15, 0.2) is 0 Å². The van der Waals surface area contributed by atoms with Crippen molar-refractivity contribution in [3.63, 3.8) is 0 Å². The number of fused-ring (bicyclic) bond motifs is 2. The topological polar surface area (TPSA) is 46.3 Å². The van der Waals surface area contributed by atoms with Crippen LogP contribution in [0.3, 0.4) is 0 Å². The van der Waals surface area contributed by atoms with Crippen LogP contribution in [0.5, 0.6) is 0 Å². The minimum absolute atomic E-state index is 0.490. The molecule has 0 radical (unpaired) electrons. The van der Waals surface area contributed by atoms with Crippen LogP contribution in [-0.4, -0.2) is 26.1 Å². The first kappa shape index (κ1) is 12.6. The fraction of sp³-hybridized carbons (Fsp3) is 0.267. The number of anilines is 1. The predicted octanol–water partition coefficient (Wildman–Crippen LogP) is 2.65. The minimum Gasteiger partial charge on any atom is -0.351 e. The molecule has 0 spiro atoms. The Bertz CT molecular complexity index is 826. The third-order valence-electron chi connectivity index (χ3n) is 4.00. The molecule has 0 amide bonds. The van der Waals surface area contributed by atoms with Gasteiger partial charge in [0.05, 0.1) is 0 Å². The molecule has 1 aromatic carbocycles. The summed E-state index contributed by atoms with van der Waals surface area (Å²) in [7, 11) is 0.